The van der Waals surface area contributed by atoms with Gasteiger partial charge in [-0.2, -0.15) is 9.97 Å². The molecule has 6 N–H and O–H groups in total. The molecule has 1 fully saturated rings. The number of aromatic nitrogens is 3. The van der Waals surface area contributed by atoms with Gasteiger partial charge < -0.3 is 31.3 Å². The Balaban J connectivity index is 1.74. The number of benzene rings is 1. The summed E-state index contributed by atoms with van der Waals surface area (Å²) in [5.41, 5.74) is 12.5. The van der Waals surface area contributed by atoms with Crippen LogP contribution in [-0.4, -0.2) is 69.6 Å². The molecular formula is C20H22N6O4. The van der Waals surface area contributed by atoms with Gasteiger partial charge in [0, 0.05) is 17.7 Å². The number of nitrogens with zero attached hydrogens (tertiary/aromatic N) is 4. The minimum Gasteiger partial charge on any atom is -0.393 e. The SMILES string of the molecule is NC(=O)c1cccc(-c2ccc3c(N)nc(N4CCOC(CO)(CO)C4)nc3n2)c1. The minimum atomic E-state index is -1.09. The second kappa shape index (κ2) is 7.82. The number of amides is 1. The summed E-state index contributed by atoms with van der Waals surface area (Å²) in [4.78, 5) is 26.8. The van der Waals surface area contributed by atoms with Gasteiger partial charge in [0.1, 0.15) is 11.4 Å². The molecule has 0 spiro atoms. The number of nitrogens with two attached hydrogens (primary N) is 2. The fourth-order valence-corrected chi connectivity index (χ4v) is 3.41. The van der Waals surface area contributed by atoms with Gasteiger partial charge in [-0.1, -0.05) is 12.1 Å². The van der Waals surface area contributed by atoms with E-state index in [-0.39, 0.29) is 25.6 Å². The molecule has 4 rings (SSSR count). The van der Waals surface area contributed by atoms with Crippen LogP contribution in [0.4, 0.5) is 11.8 Å². The Kier molecular flexibility index (Phi) is 5.20. The predicted molar refractivity (Wildman–Crippen MR) is 111 cm³/mol. The second-order valence-electron chi connectivity index (χ2n) is 7.19. The van der Waals surface area contributed by atoms with Gasteiger partial charge in [0.05, 0.1) is 37.4 Å². The van der Waals surface area contributed by atoms with Crippen LogP contribution in [0.1, 0.15) is 10.4 Å². The van der Waals surface area contributed by atoms with Crippen LogP contribution in [0.25, 0.3) is 22.3 Å². The number of hydrogen-bond acceptors (Lipinski definition) is 9. The van der Waals surface area contributed by atoms with E-state index in [2.05, 4.69) is 15.0 Å². The highest BCUT2D eigenvalue weighted by Crippen LogP contribution is 2.27. The quantitative estimate of drug-likeness (QED) is 0.451. The van der Waals surface area contributed by atoms with Crippen LogP contribution >= 0.6 is 0 Å². The molecule has 0 atom stereocenters. The molecule has 0 unspecified atom stereocenters. The lowest BCUT2D eigenvalue weighted by Crippen LogP contribution is -2.56. The fraction of sp³-hybridized carbons (Fsp3) is 0.300. The highest BCUT2D eigenvalue weighted by atomic mass is 16.5. The van der Waals surface area contributed by atoms with Gasteiger partial charge in [-0.25, -0.2) is 4.98 Å². The van der Waals surface area contributed by atoms with Gasteiger partial charge in [-0.15, -0.1) is 0 Å². The summed E-state index contributed by atoms with van der Waals surface area (Å²) in [5, 5.41) is 19.9. The van der Waals surface area contributed by atoms with Crippen molar-refractivity contribution in [3.8, 4) is 11.3 Å². The molecule has 1 aromatic carbocycles. The van der Waals surface area contributed by atoms with Crippen molar-refractivity contribution >= 4 is 28.7 Å². The third-order valence-electron chi connectivity index (χ3n) is 5.13. The van der Waals surface area contributed by atoms with E-state index in [0.29, 0.717) is 41.4 Å². The smallest absolute Gasteiger partial charge is 0.248 e. The molecule has 2 aromatic heterocycles. The Morgan fingerprint density at radius 2 is 1.97 bits per heavy atom. The maximum atomic E-state index is 11.5. The number of carbonyl (C=O) groups is 1. The van der Waals surface area contributed by atoms with E-state index < -0.39 is 11.5 Å². The summed E-state index contributed by atoms with van der Waals surface area (Å²) in [6.45, 7) is 0.331. The number of anilines is 2. The summed E-state index contributed by atoms with van der Waals surface area (Å²) in [5.74, 6) is 0.0881. The van der Waals surface area contributed by atoms with Crippen molar-refractivity contribution in [2.75, 3.05) is 43.5 Å². The van der Waals surface area contributed by atoms with Gasteiger partial charge >= 0.3 is 0 Å². The summed E-state index contributed by atoms with van der Waals surface area (Å²) in [6.07, 6.45) is 0. The molecule has 156 valence electrons. The number of aliphatic hydroxyl groups excluding tert-OH is 2. The van der Waals surface area contributed by atoms with Crippen LogP contribution in [0.3, 0.4) is 0 Å². The van der Waals surface area contributed by atoms with Crippen molar-refractivity contribution in [1.29, 1.82) is 0 Å². The lowest BCUT2D eigenvalue weighted by atomic mass is 10.0. The molecule has 1 aliphatic rings. The first-order valence-corrected chi connectivity index (χ1v) is 9.40. The predicted octanol–water partition coefficient (Wildman–Crippen LogP) is -0.0671. The molecule has 1 aliphatic heterocycles. The number of primary amides is 1. The summed E-state index contributed by atoms with van der Waals surface area (Å²) < 4.78 is 5.56. The van der Waals surface area contributed by atoms with E-state index in [1.165, 1.54) is 0 Å². The molecule has 0 aliphatic carbocycles. The first kappa shape index (κ1) is 20.0. The average molecular weight is 410 g/mol. The first-order valence-electron chi connectivity index (χ1n) is 9.40. The van der Waals surface area contributed by atoms with E-state index in [1.54, 1.807) is 35.2 Å². The van der Waals surface area contributed by atoms with Gasteiger partial charge in [0.25, 0.3) is 0 Å². The van der Waals surface area contributed by atoms with Gasteiger partial charge in [-0.05, 0) is 24.3 Å². The fourth-order valence-electron chi connectivity index (χ4n) is 3.41. The maximum Gasteiger partial charge on any atom is 0.248 e. The molecule has 10 heteroatoms. The number of nitrogen functional groups attached to an aromatic ring is 1. The van der Waals surface area contributed by atoms with E-state index >= 15 is 0 Å². The highest BCUT2D eigenvalue weighted by Gasteiger charge is 2.37. The molecule has 1 saturated heterocycles. The van der Waals surface area contributed by atoms with Crippen LogP contribution in [0.15, 0.2) is 36.4 Å². The van der Waals surface area contributed by atoms with E-state index in [9.17, 15) is 15.0 Å². The number of morpholine rings is 1. The zero-order valence-electron chi connectivity index (χ0n) is 16.2. The van der Waals surface area contributed by atoms with Gasteiger partial charge in [-0.3, -0.25) is 4.79 Å². The Morgan fingerprint density at radius 3 is 2.70 bits per heavy atom. The van der Waals surface area contributed by atoms with E-state index in [0.717, 1.165) is 5.56 Å². The second-order valence-corrected chi connectivity index (χ2v) is 7.19. The Morgan fingerprint density at radius 1 is 1.17 bits per heavy atom. The van der Waals surface area contributed by atoms with Crippen molar-refractivity contribution in [3.05, 3.63) is 42.0 Å². The van der Waals surface area contributed by atoms with Crippen LogP contribution < -0.4 is 16.4 Å². The molecule has 10 nitrogen and oxygen atoms in total. The monoisotopic (exact) mass is 410 g/mol. The average Bonchev–Trinajstić information content (AvgIpc) is 2.78. The van der Waals surface area contributed by atoms with Crippen LogP contribution in [0, 0.1) is 0 Å². The van der Waals surface area contributed by atoms with Crippen molar-refractivity contribution in [2.24, 2.45) is 5.73 Å². The minimum absolute atomic E-state index is 0.214. The summed E-state index contributed by atoms with van der Waals surface area (Å²) >= 11 is 0. The Labute approximate surface area is 172 Å². The van der Waals surface area contributed by atoms with Crippen molar-refractivity contribution in [1.82, 2.24) is 15.0 Å². The molecule has 0 bridgehead atoms. The summed E-state index contributed by atoms with van der Waals surface area (Å²) in [6, 6.07) is 10.4. The van der Waals surface area contributed by atoms with E-state index in [4.69, 9.17) is 16.2 Å². The standard InChI is InChI=1S/C20H22N6O4/c21-16-14-4-5-15(12-2-1-3-13(8-12)17(22)29)23-18(14)25-19(24-16)26-6-7-30-20(9-26,10-27)11-28/h1-5,8,27-28H,6-7,9-11H2,(H2,22,29)(H2,21,23,24,25). The zero-order chi connectivity index (χ0) is 21.3. The van der Waals surface area contributed by atoms with E-state index in [1.807, 2.05) is 6.07 Å². The number of ether oxygens (including phenoxy) is 1. The molecule has 1 amide bonds. The summed E-state index contributed by atoms with van der Waals surface area (Å²) in [7, 11) is 0. The first-order chi connectivity index (χ1) is 14.4. The van der Waals surface area contributed by atoms with Crippen molar-refractivity contribution < 1.29 is 19.7 Å². The molecular weight excluding hydrogens is 388 g/mol. The van der Waals surface area contributed by atoms with Crippen LogP contribution in [-0.2, 0) is 4.74 Å². The molecule has 3 heterocycles. The van der Waals surface area contributed by atoms with Crippen LogP contribution in [0.2, 0.25) is 0 Å². The van der Waals surface area contributed by atoms with Gasteiger partial charge in [0.15, 0.2) is 5.65 Å². The topological polar surface area (TPSA) is 161 Å². The number of carbonyl (C=O) groups excluding carboxylic acids is 1. The normalized spacial score (nSPS) is 16.0. The molecule has 0 saturated carbocycles. The Bertz CT molecular complexity index is 1100. The van der Waals surface area contributed by atoms with Gasteiger partial charge in [0.2, 0.25) is 11.9 Å². The van der Waals surface area contributed by atoms with Crippen molar-refractivity contribution in [2.45, 2.75) is 5.60 Å². The highest BCUT2D eigenvalue weighted by molar-refractivity contribution is 5.94. The third kappa shape index (κ3) is 3.63. The third-order valence-corrected chi connectivity index (χ3v) is 5.13. The number of hydrogen-bond donors (Lipinski definition) is 4. The number of pyridine rings is 1. The maximum absolute atomic E-state index is 11.5. The number of aliphatic hydroxyl groups is 2. The lowest BCUT2D eigenvalue weighted by Gasteiger charge is -2.40. The number of fused-ring (bicyclic) bond motifs is 1. The largest absolute Gasteiger partial charge is 0.393 e. The zero-order valence-corrected chi connectivity index (χ0v) is 16.2. The molecule has 3 aromatic rings. The molecule has 0 radical (unpaired) electrons. The molecule has 30 heavy (non-hydrogen) atoms. The van der Waals surface area contributed by atoms with Crippen LogP contribution in [0.5, 0.6) is 0 Å². The van der Waals surface area contributed by atoms with Crippen molar-refractivity contribution in [3.63, 3.8) is 0 Å². The Hall–Kier alpha value is -3.34. The lowest BCUT2D eigenvalue weighted by molar-refractivity contribution is -0.114. The number of rotatable bonds is 5.